The van der Waals surface area contributed by atoms with Gasteiger partial charge < -0.3 is 10.2 Å². The fourth-order valence-corrected chi connectivity index (χ4v) is 4.41. The van der Waals surface area contributed by atoms with Crippen LogP contribution in [0.5, 0.6) is 11.5 Å². The van der Waals surface area contributed by atoms with Crippen molar-refractivity contribution in [3.63, 3.8) is 0 Å². The predicted octanol–water partition coefficient (Wildman–Crippen LogP) is 4.39. The standard InChI is InChI=1S/C24H20N2O4S/c1-14-6-5-7-15(2)22(14)26-23(30)17-8-3-4-9-19(17)25-24(26)31-13-21(29)18-11-10-16(27)12-20(18)28/h3-12,27-28H,13H2,1-2H3. The minimum absolute atomic E-state index is 0.0337. The lowest BCUT2D eigenvalue weighted by molar-refractivity contribution is 0.102. The number of phenolic OH excluding ortho intramolecular Hbond substituents is 2. The molecular weight excluding hydrogens is 412 g/mol. The van der Waals surface area contributed by atoms with Crippen LogP contribution in [0.4, 0.5) is 0 Å². The Morgan fingerprint density at radius 1 is 1.00 bits per heavy atom. The maximum atomic E-state index is 13.4. The summed E-state index contributed by atoms with van der Waals surface area (Å²) in [5.74, 6) is -0.780. The van der Waals surface area contributed by atoms with Crippen LogP contribution < -0.4 is 5.56 Å². The van der Waals surface area contributed by atoms with Crippen LogP contribution in [0.2, 0.25) is 0 Å². The van der Waals surface area contributed by atoms with Gasteiger partial charge in [-0.15, -0.1) is 0 Å². The third-order valence-corrected chi connectivity index (χ3v) is 5.96. The van der Waals surface area contributed by atoms with Crippen molar-refractivity contribution in [3.8, 4) is 17.2 Å². The minimum Gasteiger partial charge on any atom is -0.508 e. The molecule has 1 heterocycles. The second kappa shape index (κ2) is 8.28. The van der Waals surface area contributed by atoms with E-state index in [1.54, 1.807) is 22.8 Å². The summed E-state index contributed by atoms with van der Waals surface area (Å²) >= 11 is 1.13. The summed E-state index contributed by atoms with van der Waals surface area (Å²) < 4.78 is 1.56. The van der Waals surface area contributed by atoms with Crippen LogP contribution in [-0.4, -0.2) is 31.3 Å². The second-order valence-corrected chi connectivity index (χ2v) is 8.15. The van der Waals surface area contributed by atoms with E-state index in [1.807, 2.05) is 38.1 Å². The van der Waals surface area contributed by atoms with Gasteiger partial charge in [0.05, 0.1) is 27.9 Å². The normalized spacial score (nSPS) is 11.0. The number of aromatic hydroxyl groups is 2. The fraction of sp³-hybridized carbons (Fsp3) is 0.125. The number of nitrogens with zero attached hydrogens (tertiary/aromatic N) is 2. The quantitative estimate of drug-likeness (QED) is 0.276. The summed E-state index contributed by atoms with van der Waals surface area (Å²) in [6, 6.07) is 16.7. The van der Waals surface area contributed by atoms with E-state index in [2.05, 4.69) is 4.98 Å². The van der Waals surface area contributed by atoms with Crippen LogP contribution in [0.25, 0.3) is 16.6 Å². The first-order valence-electron chi connectivity index (χ1n) is 9.63. The molecule has 7 heteroatoms. The van der Waals surface area contributed by atoms with Crippen LogP contribution in [0.3, 0.4) is 0 Å². The maximum Gasteiger partial charge on any atom is 0.266 e. The number of hydrogen-bond acceptors (Lipinski definition) is 6. The smallest absolute Gasteiger partial charge is 0.266 e. The summed E-state index contributed by atoms with van der Waals surface area (Å²) in [5.41, 5.74) is 3.04. The van der Waals surface area contributed by atoms with E-state index >= 15 is 0 Å². The number of aromatic nitrogens is 2. The average Bonchev–Trinajstić information content (AvgIpc) is 2.73. The fourth-order valence-electron chi connectivity index (χ4n) is 3.53. The molecule has 3 aromatic carbocycles. The highest BCUT2D eigenvalue weighted by molar-refractivity contribution is 7.99. The molecule has 6 nitrogen and oxygen atoms in total. The van der Waals surface area contributed by atoms with E-state index in [1.165, 1.54) is 12.1 Å². The van der Waals surface area contributed by atoms with Gasteiger partial charge in [-0.1, -0.05) is 42.1 Å². The molecule has 0 saturated carbocycles. The highest BCUT2D eigenvalue weighted by Crippen LogP contribution is 2.28. The summed E-state index contributed by atoms with van der Waals surface area (Å²) in [7, 11) is 0. The lowest BCUT2D eigenvalue weighted by Gasteiger charge is -2.17. The molecule has 0 aliphatic rings. The van der Waals surface area contributed by atoms with Crippen molar-refractivity contribution >= 4 is 28.4 Å². The Kier molecular flexibility index (Phi) is 5.52. The highest BCUT2D eigenvalue weighted by Gasteiger charge is 2.19. The average molecular weight is 433 g/mol. The van der Waals surface area contributed by atoms with Crippen LogP contribution in [-0.2, 0) is 0 Å². The van der Waals surface area contributed by atoms with Crippen molar-refractivity contribution in [3.05, 3.63) is 87.7 Å². The lowest BCUT2D eigenvalue weighted by Crippen LogP contribution is -2.23. The zero-order chi connectivity index (χ0) is 22.1. The van der Waals surface area contributed by atoms with E-state index in [-0.39, 0.29) is 34.2 Å². The molecule has 0 unspecified atom stereocenters. The van der Waals surface area contributed by atoms with Gasteiger partial charge in [-0.25, -0.2) is 4.98 Å². The lowest BCUT2D eigenvalue weighted by atomic mass is 10.1. The van der Waals surface area contributed by atoms with Gasteiger partial charge in [0.25, 0.3) is 5.56 Å². The topological polar surface area (TPSA) is 92.4 Å². The Morgan fingerprint density at radius 2 is 1.71 bits per heavy atom. The van der Waals surface area contributed by atoms with Gasteiger partial charge in [-0.2, -0.15) is 0 Å². The Labute approximate surface area is 182 Å². The Hall–Kier alpha value is -3.58. The molecule has 0 aliphatic carbocycles. The summed E-state index contributed by atoms with van der Waals surface area (Å²) in [5, 5.41) is 20.3. The molecule has 1 aromatic heterocycles. The van der Waals surface area contributed by atoms with Gasteiger partial charge in [0, 0.05) is 6.07 Å². The number of para-hydroxylation sites is 2. The van der Waals surface area contributed by atoms with E-state index < -0.39 is 0 Å². The summed E-state index contributed by atoms with van der Waals surface area (Å²) in [6.07, 6.45) is 0. The van der Waals surface area contributed by atoms with Gasteiger partial charge in [0.1, 0.15) is 11.5 Å². The van der Waals surface area contributed by atoms with Gasteiger partial charge in [-0.05, 0) is 49.2 Å². The van der Waals surface area contributed by atoms with Crippen LogP contribution >= 0.6 is 11.8 Å². The molecule has 2 N–H and O–H groups in total. The van der Waals surface area contributed by atoms with E-state index in [0.29, 0.717) is 16.1 Å². The van der Waals surface area contributed by atoms with Crippen molar-refractivity contribution in [1.29, 1.82) is 0 Å². The van der Waals surface area contributed by atoms with Crippen LogP contribution in [0, 0.1) is 13.8 Å². The number of ketones is 1. The first-order valence-corrected chi connectivity index (χ1v) is 10.6. The Balaban J connectivity index is 1.81. The number of aryl methyl sites for hydroxylation is 2. The van der Waals surface area contributed by atoms with Gasteiger partial charge in [0.2, 0.25) is 0 Å². The molecule has 156 valence electrons. The highest BCUT2D eigenvalue weighted by atomic mass is 32.2. The molecule has 0 radical (unpaired) electrons. The zero-order valence-electron chi connectivity index (χ0n) is 17.0. The number of hydrogen-bond donors (Lipinski definition) is 2. The van der Waals surface area contributed by atoms with Crippen molar-refractivity contribution in [2.24, 2.45) is 0 Å². The third kappa shape index (κ3) is 3.92. The van der Waals surface area contributed by atoms with Gasteiger partial charge in [0.15, 0.2) is 10.9 Å². The number of rotatable bonds is 5. The monoisotopic (exact) mass is 432 g/mol. The molecule has 4 rings (SSSR count). The van der Waals surface area contributed by atoms with Crippen LogP contribution in [0.15, 0.2) is 70.6 Å². The second-order valence-electron chi connectivity index (χ2n) is 7.21. The molecule has 0 spiro atoms. The molecule has 4 aromatic rings. The van der Waals surface area contributed by atoms with E-state index in [4.69, 9.17) is 0 Å². The molecule has 0 fully saturated rings. The first-order chi connectivity index (χ1) is 14.9. The van der Waals surface area contributed by atoms with Crippen molar-refractivity contribution in [1.82, 2.24) is 9.55 Å². The van der Waals surface area contributed by atoms with E-state index in [0.717, 1.165) is 34.6 Å². The molecule has 0 atom stereocenters. The largest absolute Gasteiger partial charge is 0.508 e. The predicted molar refractivity (Wildman–Crippen MR) is 122 cm³/mol. The molecule has 0 bridgehead atoms. The zero-order valence-corrected chi connectivity index (χ0v) is 17.8. The molecular formula is C24H20N2O4S. The number of fused-ring (bicyclic) bond motifs is 1. The molecule has 31 heavy (non-hydrogen) atoms. The number of thioether (sulfide) groups is 1. The summed E-state index contributed by atoms with van der Waals surface area (Å²) in [6.45, 7) is 3.86. The van der Waals surface area contributed by atoms with Gasteiger partial charge in [-0.3, -0.25) is 14.2 Å². The molecule has 0 saturated heterocycles. The number of carbonyl (C=O) groups is 1. The van der Waals surface area contributed by atoms with Crippen molar-refractivity contribution in [2.45, 2.75) is 19.0 Å². The number of carbonyl (C=O) groups excluding carboxylic acids is 1. The number of Topliss-reactive ketones (excluding diaryl/α,β-unsaturated/α-hetero) is 1. The molecule has 0 amide bonds. The Bertz CT molecular complexity index is 1360. The Morgan fingerprint density at radius 3 is 2.42 bits per heavy atom. The van der Waals surface area contributed by atoms with E-state index in [9.17, 15) is 19.8 Å². The number of benzene rings is 3. The van der Waals surface area contributed by atoms with Gasteiger partial charge >= 0.3 is 0 Å². The van der Waals surface area contributed by atoms with Crippen molar-refractivity contribution < 1.29 is 15.0 Å². The van der Waals surface area contributed by atoms with Crippen LogP contribution in [0.1, 0.15) is 21.5 Å². The maximum absolute atomic E-state index is 13.4. The SMILES string of the molecule is Cc1cccc(C)c1-n1c(SCC(=O)c2ccc(O)cc2O)nc2ccccc2c1=O. The first kappa shape index (κ1) is 20.7. The summed E-state index contributed by atoms with van der Waals surface area (Å²) in [4.78, 5) is 30.8. The third-order valence-electron chi connectivity index (χ3n) is 5.02. The van der Waals surface area contributed by atoms with Crippen molar-refractivity contribution in [2.75, 3.05) is 5.75 Å². The molecule has 0 aliphatic heterocycles. The number of phenols is 2. The minimum atomic E-state index is -0.335.